The summed E-state index contributed by atoms with van der Waals surface area (Å²) in [5.41, 5.74) is 3.15. The van der Waals surface area contributed by atoms with Gasteiger partial charge in [0, 0.05) is 31.0 Å². The highest BCUT2D eigenvalue weighted by Crippen LogP contribution is 2.23. The van der Waals surface area contributed by atoms with Gasteiger partial charge in [0.05, 0.1) is 0 Å². The van der Waals surface area contributed by atoms with Gasteiger partial charge in [0.15, 0.2) is 0 Å². The van der Waals surface area contributed by atoms with Gasteiger partial charge in [-0.1, -0.05) is 0 Å². The van der Waals surface area contributed by atoms with Crippen LogP contribution in [0.2, 0.25) is 0 Å². The second-order valence-corrected chi connectivity index (χ2v) is 4.99. The van der Waals surface area contributed by atoms with Crippen LogP contribution in [0.15, 0.2) is 18.5 Å². The second-order valence-electron chi connectivity index (χ2n) is 4.99. The average Bonchev–Trinajstić information content (AvgIpc) is 2.16. The first kappa shape index (κ1) is 9.66. The van der Waals surface area contributed by atoms with Gasteiger partial charge >= 0.3 is 0 Å². The summed E-state index contributed by atoms with van der Waals surface area (Å²) in [6.45, 7) is 9.06. The number of nitrogens with zero attached hydrogens (tertiary/aromatic N) is 2. The summed E-state index contributed by atoms with van der Waals surface area (Å²) < 4.78 is 0. The first-order valence-electron chi connectivity index (χ1n) is 5.24. The Morgan fingerprint density at radius 1 is 1.29 bits per heavy atom. The fourth-order valence-electron chi connectivity index (χ4n) is 1.95. The van der Waals surface area contributed by atoms with E-state index in [1.165, 1.54) is 11.1 Å². The van der Waals surface area contributed by atoms with Crippen LogP contribution in [0.1, 0.15) is 31.9 Å². The van der Waals surface area contributed by atoms with Crippen molar-refractivity contribution in [2.24, 2.45) is 0 Å². The number of fused-ring (bicyclic) bond motifs is 1. The van der Waals surface area contributed by atoms with Crippen molar-refractivity contribution in [3.63, 3.8) is 0 Å². The molecule has 2 rings (SSSR count). The maximum Gasteiger partial charge on any atom is 0.0303 e. The third kappa shape index (κ3) is 1.80. The van der Waals surface area contributed by atoms with Crippen molar-refractivity contribution in [2.75, 3.05) is 6.54 Å². The first-order chi connectivity index (χ1) is 6.57. The van der Waals surface area contributed by atoms with Gasteiger partial charge < -0.3 is 0 Å². The Morgan fingerprint density at radius 2 is 2.07 bits per heavy atom. The lowest BCUT2D eigenvalue weighted by molar-refractivity contribution is 0.120. The molecule has 1 aliphatic rings. The predicted octanol–water partition coefficient (Wildman–Crippen LogP) is 2.24. The Morgan fingerprint density at radius 3 is 2.79 bits per heavy atom. The summed E-state index contributed by atoms with van der Waals surface area (Å²) in [6, 6.07) is 2.15. The molecule has 76 valence electrons. The van der Waals surface area contributed by atoms with Crippen molar-refractivity contribution in [1.82, 2.24) is 9.88 Å². The SMILES string of the molecule is CC(C)(C)N1CCc2cnccc2C1. The molecule has 0 atom stereocenters. The summed E-state index contributed by atoms with van der Waals surface area (Å²) >= 11 is 0. The standard InChI is InChI=1S/C12H18N2/c1-12(2,3)14-7-5-10-8-13-6-4-11(10)9-14/h4,6,8H,5,7,9H2,1-3H3. The van der Waals surface area contributed by atoms with Crippen molar-refractivity contribution in [3.05, 3.63) is 29.6 Å². The van der Waals surface area contributed by atoms with E-state index in [2.05, 4.69) is 36.7 Å². The fraction of sp³-hybridized carbons (Fsp3) is 0.583. The van der Waals surface area contributed by atoms with Gasteiger partial charge in [-0.05, 0) is 44.4 Å². The van der Waals surface area contributed by atoms with Crippen molar-refractivity contribution >= 4 is 0 Å². The molecular formula is C12H18N2. The molecule has 2 heterocycles. The molecule has 0 radical (unpaired) electrons. The maximum absolute atomic E-state index is 4.17. The van der Waals surface area contributed by atoms with Crippen molar-refractivity contribution in [2.45, 2.75) is 39.3 Å². The van der Waals surface area contributed by atoms with Crippen molar-refractivity contribution in [3.8, 4) is 0 Å². The zero-order valence-corrected chi connectivity index (χ0v) is 9.25. The van der Waals surface area contributed by atoms with Crippen LogP contribution in [0.5, 0.6) is 0 Å². The lowest BCUT2D eigenvalue weighted by Gasteiger charge is -2.39. The molecule has 0 fully saturated rings. The minimum Gasteiger partial charge on any atom is -0.294 e. The molecular weight excluding hydrogens is 172 g/mol. The van der Waals surface area contributed by atoms with Crippen LogP contribution in [-0.2, 0) is 13.0 Å². The minimum atomic E-state index is 0.279. The zero-order chi connectivity index (χ0) is 10.2. The summed E-state index contributed by atoms with van der Waals surface area (Å²) in [5, 5.41) is 0. The van der Waals surface area contributed by atoms with E-state index in [0.29, 0.717) is 0 Å². The topological polar surface area (TPSA) is 16.1 Å². The van der Waals surface area contributed by atoms with Crippen LogP contribution in [-0.4, -0.2) is 22.0 Å². The van der Waals surface area contributed by atoms with E-state index >= 15 is 0 Å². The molecule has 0 saturated carbocycles. The van der Waals surface area contributed by atoms with Crippen LogP contribution in [0.4, 0.5) is 0 Å². The average molecular weight is 190 g/mol. The van der Waals surface area contributed by atoms with Crippen LogP contribution < -0.4 is 0 Å². The van der Waals surface area contributed by atoms with Gasteiger partial charge in [0.1, 0.15) is 0 Å². The van der Waals surface area contributed by atoms with E-state index in [-0.39, 0.29) is 5.54 Å². The molecule has 0 spiro atoms. The van der Waals surface area contributed by atoms with Crippen molar-refractivity contribution in [1.29, 1.82) is 0 Å². The highest BCUT2D eigenvalue weighted by molar-refractivity contribution is 5.25. The Bertz CT molecular complexity index is 325. The number of rotatable bonds is 0. The molecule has 0 N–H and O–H groups in total. The molecule has 1 aromatic rings. The molecule has 0 bridgehead atoms. The van der Waals surface area contributed by atoms with Gasteiger partial charge in [-0.15, -0.1) is 0 Å². The highest BCUT2D eigenvalue weighted by atomic mass is 15.2. The van der Waals surface area contributed by atoms with Gasteiger partial charge in [-0.2, -0.15) is 0 Å². The monoisotopic (exact) mass is 190 g/mol. The highest BCUT2D eigenvalue weighted by Gasteiger charge is 2.25. The van der Waals surface area contributed by atoms with E-state index in [1.54, 1.807) is 0 Å². The minimum absolute atomic E-state index is 0.279. The van der Waals surface area contributed by atoms with Crippen LogP contribution >= 0.6 is 0 Å². The van der Waals surface area contributed by atoms with Gasteiger partial charge in [0.25, 0.3) is 0 Å². The molecule has 0 amide bonds. The molecule has 14 heavy (non-hydrogen) atoms. The first-order valence-corrected chi connectivity index (χ1v) is 5.24. The molecule has 0 aliphatic carbocycles. The van der Waals surface area contributed by atoms with Crippen LogP contribution in [0, 0.1) is 0 Å². The van der Waals surface area contributed by atoms with Crippen LogP contribution in [0.3, 0.4) is 0 Å². The smallest absolute Gasteiger partial charge is 0.0303 e. The Balaban J connectivity index is 2.22. The number of hydrogen-bond donors (Lipinski definition) is 0. The summed E-state index contributed by atoms with van der Waals surface area (Å²) in [5.74, 6) is 0. The van der Waals surface area contributed by atoms with Crippen molar-refractivity contribution < 1.29 is 0 Å². The largest absolute Gasteiger partial charge is 0.294 e. The summed E-state index contributed by atoms with van der Waals surface area (Å²) in [7, 11) is 0. The van der Waals surface area contributed by atoms with E-state index in [4.69, 9.17) is 0 Å². The summed E-state index contributed by atoms with van der Waals surface area (Å²) in [4.78, 5) is 6.69. The second kappa shape index (κ2) is 3.35. The lowest BCUT2D eigenvalue weighted by atomic mass is 9.97. The molecule has 0 aromatic carbocycles. The molecule has 1 aliphatic heterocycles. The zero-order valence-electron chi connectivity index (χ0n) is 9.25. The van der Waals surface area contributed by atoms with Crippen LogP contribution in [0.25, 0.3) is 0 Å². The van der Waals surface area contributed by atoms with E-state index in [1.807, 2.05) is 12.4 Å². The predicted molar refractivity (Wildman–Crippen MR) is 58.1 cm³/mol. The summed E-state index contributed by atoms with van der Waals surface area (Å²) in [6.07, 6.45) is 5.04. The lowest BCUT2D eigenvalue weighted by Crippen LogP contribution is -2.44. The number of pyridine rings is 1. The number of hydrogen-bond acceptors (Lipinski definition) is 2. The Kier molecular flexibility index (Phi) is 2.31. The maximum atomic E-state index is 4.17. The van der Waals surface area contributed by atoms with Gasteiger partial charge in [-0.3, -0.25) is 9.88 Å². The molecule has 0 saturated heterocycles. The van der Waals surface area contributed by atoms with Gasteiger partial charge in [0.2, 0.25) is 0 Å². The van der Waals surface area contributed by atoms with E-state index < -0.39 is 0 Å². The normalized spacial score (nSPS) is 17.9. The Labute approximate surface area is 86.0 Å². The number of aromatic nitrogens is 1. The fourth-order valence-corrected chi connectivity index (χ4v) is 1.95. The molecule has 0 unspecified atom stereocenters. The van der Waals surface area contributed by atoms with E-state index in [0.717, 1.165) is 19.5 Å². The van der Waals surface area contributed by atoms with Gasteiger partial charge in [-0.25, -0.2) is 0 Å². The van der Waals surface area contributed by atoms with E-state index in [9.17, 15) is 0 Å². The molecule has 2 heteroatoms. The third-order valence-corrected chi connectivity index (χ3v) is 2.97. The molecule has 1 aromatic heterocycles. The third-order valence-electron chi connectivity index (χ3n) is 2.97. The molecule has 2 nitrogen and oxygen atoms in total. The quantitative estimate of drug-likeness (QED) is 0.623. The Hall–Kier alpha value is -0.890.